The van der Waals surface area contributed by atoms with Crippen LogP contribution in [0.25, 0.3) is 44.1 Å². The van der Waals surface area contributed by atoms with Crippen LogP contribution in [-0.4, -0.2) is 31.5 Å². The normalized spacial score (nSPS) is 12.8. The number of nitrogens with one attached hydrogen (secondary N) is 2. The maximum atomic E-state index is 13.2. The van der Waals surface area contributed by atoms with Crippen LogP contribution in [0, 0.1) is 0 Å². The second-order valence-electron chi connectivity index (χ2n) is 8.66. The van der Waals surface area contributed by atoms with Crippen LogP contribution in [0.2, 0.25) is 0 Å². The maximum Gasteiger partial charge on any atom is 0.275 e. The number of nitrogens with zero attached hydrogens (tertiary/aromatic N) is 3. The van der Waals surface area contributed by atoms with E-state index < -0.39 is 0 Å². The van der Waals surface area contributed by atoms with Gasteiger partial charge in [-0.15, -0.1) is 0 Å². The number of aromatic amines is 2. The quantitative estimate of drug-likeness (QED) is 0.366. The van der Waals surface area contributed by atoms with Gasteiger partial charge < -0.3 is 24.8 Å². The van der Waals surface area contributed by atoms with E-state index in [4.69, 9.17) is 20.2 Å². The Morgan fingerprint density at radius 3 is 2.77 bits per heavy atom. The van der Waals surface area contributed by atoms with E-state index in [1.807, 2.05) is 42.6 Å². The third-order valence-corrected chi connectivity index (χ3v) is 6.46. The zero-order valence-electron chi connectivity index (χ0n) is 18.5. The molecule has 0 spiro atoms. The Hall–Kier alpha value is -4.63. The highest BCUT2D eigenvalue weighted by molar-refractivity contribution is 5.99. The van der Waals surface area contributed by atoms with Gasteiger partial charge in [0, 0.05) is 41.7 Å². The molecule has 9 nitrogen and oxygen atoms in total. The first-order chi connectivity index (χ1) is 17.2. The van der Waals surface area contributed by atoms with E-state index in [9.17, 15) is 4.79 Å². The molecule has 3 aromatic heterocycles. The van der Waals surface area contributed by atoms with Gasteiger partial charge >= 0.3 is 0 Å². The predicted molar refractivity (Wildman–Crippen MR) is 133 cm³/mol. The van der Waals surface area contributed by atoms with Crippen molar-refractivity contribution < 1.29 is 9.47 Å². The molecule has 3 aromatic carbocycles. The zero-order chi connectivity index (χ0) is 23.5. The van der Waals surface area contributed by atoms with Gasteiger partial charge in [0.15, 0.2) is 11.5 Å². The number of nitrogens with two attached hydrogens (primary N) is 1. The van der Waals surface area contributed by atoms with E-state index in [0.717, 1.165) is 38.5 Å². The Morgan fingerprint density at radius 1 is 1.03 bits per heavy atom. The number of aromatic nitrogens is 5. The Balaban J connectivity index is 1.44. The van der Waals surface area contributed by atoms with Crippen molar-refractivity contribution in [3.05, 3.63) is 82.4 Å². The summed E-state index contributed by atoms with van der Waals surface area (Å²) in [6.45, 7) is 1.25. The highest BCUT2D eigenvalue weighted by atomic mass is 16.7. The summed E-state index contributed by atoms with van der Waals surface area (Å²) in [7, 11) is 0. The van der Waals surface area contributed by atoms with Crippen molar-refractivity contribution in [3.8, 4) is 22.8 Å². The number of fused-ring (bicyclic) bond motifs is 4. The first kappa shape index (κ1) is 19.8. The summed E-state index contributed by atoms with van der Waals surface area (Å²) in [4.78, 5) is 21.0. The third-order valence-electron chi connectivity index (χ3n) is 6.46. The lowest BCUT2D eigenvalue weighted by molar-refractivity contribution is 0.174. The van der Waals surface area contributed by atoms with Gasteiger partial charge in [-0.1, -0.05) is 24.3 Å². The summed E-state index contributed by atoms with van der Waals surface area (Å²) in [5.74, 6) is 1.33. The first-order valence-electron chi connectivity index (χ1n) is 11.2. The smallest absolute Gasteiger partial charge is 0.275 e. The second-order valence-corrected chi connectivity index (χ2v) is 8.66. The van der Waals surface area contributed by atoms with Crippen LogP contribution >= 0.6 is 0 Å². The van der Waals surface area contributed by atoms with Crippen LogP contribution in [0.4, 0.5) is 0 Å². The molecule has 0 unspecified atom stereocenters. The topological polar surface area (TPSA) is 124 Å². The molecule has 0 aliphatic carbocycles. The number of benzene rings is 3. The standard InChI is InChI=1S/C26H20N6O3/c27-9-14-2-1-3-15(4-14)11-32-12-18(17-6-23-24(8-22(17)32)35-13-34-23)25-26(33)30-20-5-16-10-28-31-19(16)7-21(20)29-25/h1-8,10,12H,9,11,13,27H2,(H,28,31)(H,30,33). The monoisotopic (exact) mass is 464 g/mol. The highest BCUT2D eigenvalue weighted by Gasteiger charge is 2.21. The van der Waals surface area contributed by atoms with Crippen LogP contribution in [0.3, 0.4) is 0 Å². The van der Waals surface area contributed by atoms with Crippen molar-refractivity contribution in [2.75, 3.05) is 6.79 Å². The van der Waals surface area contributed by atoms with Crippen molar-refractivity contribution in [2.45, 2.75) is 13.1 Å². The molecule has 0 amide bonds. The molecule has 4 N–H and O–H groups in total. The van der Waals surface area contributed by atoms with Crippen molar-refractivity contribution in [2.24, 2.45) is 5.73 Å². The number of hydrogen-bond donors (Lipinski definition) is 3. The Kier molecular flexibility index (Phi) is 4.21. The van der Waals surface area contributed by atoms with E-state index in [2.05, 4.69) is 31.9 Å². The number of hydrogen-bond acceptors (Lipinski definition) is 6. The number of H-pyrrole nitrogens is 2. The van der Waals surface area contributed by atoms with Crippen molar-refractivity contribution in [1.29, 1.82) is 0 Å². The molecule has 0 saturated carbocycles. The van der Waals surface area contributed by atoms with Gasteiger partial charge in [0.05, 0.1) is 28.3 Å². The van der Waals surface area contributed by atoms with Crippen molar-refractivity contribution in [3.63, 3.8) is 0 Å². The molecule has 0 bridgehead atoms. The lowest BCUT2D eigenvalue weighted by Crippen LogP contribution is -2.11. The van der Waals surface area contributed by atoms with Crippen molar-refractivity contribution >= 4 is 32.8 Å². The van der Waals surface area contributed by atoms with Crippen molar-refractivity contribution in [1.82, 2.24) is 24.7 Å². The van der Waals surface area contributed by atoms with Crippen LogP contribution in [0.5, 0.6) is 11.5 Å². The fourth-order valence-corrected chi connectivity index (χ4v) is 4.76. The van der Waals surface area contributed by atoms with Gasteiger partial charge in [0.25, 0.3) is 5.56 Å². The molecule has 4 heterocycles. The molecule has 9 heteroatoms. The van der Waals surface area contributed by atoms with Crippen LogP contribution < -0.4 is 20.8 Å². The first-order valence-corrected chi connectivity index (χ1v) is 11.2. The minimum atomic E-state index is -0.262. The zero-order valence-corrected chi connectivity index (χ0v) is 18.5. The fraction of sp³-hybridized carbons (Fsp3) is 0.115. The number of ether oxygens (including phenoxy) is 2. The molecule has 6 aromatic rings. The van der Waals surface area contributed by atoms with E-state index in [1.54, 1.807) is 6.20 Å². The molecular weight excluding hydrogens is 444 g/mol. The number of rotatable bonds is 4. The molecule has 0 radical (unpaired) electrons. The van der Waals surface area contributed by atoms with E-state index in [0.29, 0.717) is 41.3 Å². The molecular formula is C26H20N6O3. The van der Waals surface area contributed by atoms with E-state index in [1.165, 1.54) is 0 Å². The van der Waals surface area contributed by atoms with Crippen LogP contribution in [0.15, 0.2) is 65.7 Å². The van der Waals surface area contributed by atoms with Gasteiger partial charge in [0.1, 0.15) is 5.69 Å². The van der Waals surface area contributed by atoms with Crippen LogP contribution in [0.1, 0.15) is 11.1 Å². The van der Waals surface area contributed by atoms with Gasteiger partial charge in [-0.05, 0) is 29.3 Å². The molecule has 7 rings (SSSR count). The SMILES string of the molecule is NCc1cccc(Cn2cc(-c3nc4cc5[nH]ncc5cc4[nH]c3=O)c3cc4c(cc32)OCO4)c1. The summed E-state index contributed by atoms with van der Waals surface area (Å²) < 4.78 is 13.4. The molecule has 0 saturated heterocycles. The summed E-state index contributed by atoms with van der Waals surface area (Å²) in [5.41, 5.74) is 11.9. The largest absolute Gasteiger partial charge is 0.454 e. The second kappa shape index (κ2) is 7.44. The van der Waals surface area contributed by atoms with Gasteiger partial charge in [-0.3, -0.25) is 9.89 Å². The minimum absolute atomic E-state index is 0.171. The predicted octanol–water partition coefficient (Wildman–Crippen LogP) is 3.66. The molecule has 172 valence electrons. The maximum absolute atomic E-state index is 13.2. The summed E-state index contributed by atoms with van der Waals surface area (Å²) >= 11 is 0. The Bertz CT molecular complexity index is 1830. The average molecular weight is 464 g/mol. The molecule has 35 heavy (non-hydrogen) atoms. The van der Waals surface area contributed by atoms with E-state index in [-0.39, 0.29) is 12.4 Å². The molecule has 0 atom stereocenters. The summed E-state index contributed by atoms with van der Waals surface area (Å²) in [5, 5.41) is 8.81. The average Bonchev–Trinajstić information content (AvgIpc) is 3.60. The highest BCUT2D eigenvalue weighted by Crippen LogP contribution is 2.40. The van der Waals surface area contributed by atoms with Crippen LogP contribution in [-0.2, 0) is 13.1 Å². The Morgan fingerprint density at radius 2 is 1.89 bits per heavy atom. The lowest BCUT2D eigenvalue weighted by atomic mass is 10.1. The van der Waals surface area contributed by atoms with E-state index >= 15 is 0 Å². The Labute approximate surface area is 198 Å². The molecule has 1 aliphatic heterocycles. The molecule has 0 fully saturated rings. The summed E-state index contributed by atoms with van der Waals surface area (Å²) in [6, 6.07) is 15.8. The fourth-order valence-electron chi connectivity index (χ4n) is 4.76. The minimum Gasteiger partial charge on any atom is -0.454 e. The molecule has 1 aliphatic rings. The summed E-state index contributed by atoms with van der Waals surface area (Å²) in [6.07, 6.45) is 3.68. The lowest BCUT2D eigenvalue weighted by Gasteiger charge is -2.08. The van der Waals surface area contributed by atoms with Gasteiger partial charge in [-0.2, -0.15) is 5.10 Å². The van der Waals surface area contributed by atoms with Gasteiger partial charge in [-0.25, -0.2) is 4.98 Å². The third kappa shape index (κ3) is 3.17. The van der Waals surface area contributed by atoms with Gasteiger partial charge in [0.2, 0.25) is 6.79 Å².